The van der Waals surface area contributed by atoms with Crippen molar-refractivity contribution in [3.8, 4) is 0 Å². The Labute approximate surface area is 110 Å². The number of benzene rings is 1. The van der Waals surface area contributed by atoms with Crippen molar-refractivity contribution in [2.24, 2.45) is 0 Å². The number of hydrogen-bond donors (Lipinski definition) is 0. The van der Waals surface area contributed by atoms with E-state index in [-0.39, 0.29) is 10.2 Å². The minimum atomic E-state index is -0.435. The van der Waals surface area contributed by atoms with Crippen molar-refractivity contribution in [3.05, 3.63) is 40.4 Å². The smallest absolute Gasteiger partial charge is 0.230 e. The van der Waals surface area contributed by atoms with E-state index in [0.29, 0.717) is 5.56 Å². The van der Waals surface area contributed by atoms with E-state index in [4.69, 9.17) is 23.2 Å². The van der Waals surface area contributed by atoms with Crippen molar-refractivity contribution >= 4 is 40.7 Å². The van der Waals surface area contributed by atoms with Gasteiger partial charge in [-0.25, -0.2) is 4.90 Å². The fourth-order valence-corrected chi connectivity index (χ4v) is 1.84. The third-order valence-electron chi connectivity index (χ3n) is 2.08. The van der Waals surface area contributed by atoms with Crippen LogP contribution in [0.25, 0.3) is 5.70 Å². The number of rotatable bonds is 2. The van der Waals surface area contributed by atoms with E-state index in [1.54, 1.807) is 24.3 Å². The predicted molar refractivity (Wildman–Crippen MR) is 68.3 cm³/mol. The summed E-state index contributed by atoms with van der Waals surface area (Å²) in [7, 11) is 0. The van der Waals surface area contributed by atoms with Gasteiger partial charge >= 0.3 is 0 Å². The molecule has 1 aromatic rings. The van der Waals surface area contributed by atoms with E-state index in [1.165, 1.54) is 13.8 Å². The quantitative estimate of drug-likeness (QED) is 0.829. The Morgan fingerprint density at radius 2 is 1.47 bits per heavy atom. The first-order chi connectivity index (χ1) is 7.95. The highest BCUT2D eigenvalue weighted by Crippen LogP contribution is 2.28. The van der Waals surface area contributed by atoms with Crippen LogP contribution < -0.4 is 0 Å². The summed E-state index contributed by atoms with van der Waals surface area (Å²) in [6.07, 6.45) is 0. The number of carbonyl (C=O) groups excluding carboxylic acids is 2. The Kier molecular flexibility index (Phi) is 4.73. The molecule has 0 aliphatic carbocycles. The van der Waals surface area contributed by atoms with Gasteiger partial charge in [0.2, 0.25) is 11.8 Å². The maximum Gasteiger partial charge on any atom is 0.230 e. The second kappa shape index (κ2) is 5.84. The monoisotopic (exact) mass is 271 g/mol. The number of carbonyl (C=O) groups is 2. The van der Waals surface area contributed by atoms with Crippen molar-refractivity contribution < 1.29 is 9.59 Å². The number of hydrogen-bond acceptors (Lipinski definition) is 2. The molecular weight excluding hydrogens is 261 g/mol. The summed E-state index contributed by atoms with van der Waals surface area (Å²) < 4.78 is -0.124. The molecule has 0 radical (unpaired) electrons. The van der Waals surface area contributed by atoms with Gasteiger partial charge in [0.25, 0.3) is 0 Å². The molecule has 5 heteroatoms. The van der Waals surface area contributed by atoms with Gasteiger partial charge in [-0.2, -0.15) is 0 Å². The predicted octanol–water partition coefficient (Wildman–Crippen LogP) is 3.19. The third-order valence-corrected chi connectivity index (χ3v) is 2.44. The maximum absolute atomic E-state index is 11.5. The molecule has 0 saturated carbocycles. The van der Waals surface area contributed by atoms with Gasteiger partial charge in [0.1, 0.15) is 4.49 Å². The Morgan fingerprint density at radius 3 is 1.82 bits per heavy atom. The van der Waals surface area contributed by atoms with Gasteiger partial charge in [-0.3, -0.25) is 9.59 Å². The average molecular weight is 272 g/mol. The van der Waals surface area contributed by atoms with E-state index < -0.39 is 11.8 Å². The summed E-state index contributed by atoms with van der Waals surface area (Å²) in [6.45, 7) is 2.56. The molecule has 0 N–H and O–H groups in total. The molecular formula is C12H11Cl2NO2. The lowest BCUT2D eigenvalue weighted by molar-refractivity contribution is -0.137. The van der Waals surface area contributed by atoms with Gasteiger partial charge < -0.3 is 0 Å². The molecule has 2 amide bonds. The van der Waals surface area contributed by atoms with Crippen LogP contribution in [0.2, 0.25) is 0 Å². The van der Waals surface area contributed by atoms with E-state index in [9.17, 15) is 9.59 Å². The average Bonchev–Trinajstić information content (AvgIpc) is 2.25. The van der Waals surface area contributed by atoms with Crippen molar-refractivity contribution in [2.45, 2.75) is 13.8 Å². The molecule has 0 aromatic heterocycles. The second-order valence-corrected chi connectivity index (χ2v) is 4.30. The number of amides is 2. The van der Waals surface area contributed by atoms with Crippen LogP contribution in [0.5, 0.6) is 0 Å². The fraction of sp³-hybridized carbons (Fsp3) is 0.167. The van der Waals surface area contributed by atoms with E-state index in [2.05, 4.69) is 0 Å². The van der Waals surface area contributed by atoms with E-state index in [1.807, 2.05) is 6.07 Å². The van der Waals surface area contributed by atoms with Crippen LogP contribution in [0.3, 0.4) is 0 Å². The second-order valence-electron chi connectivity index (χ2n) is 3.35. The Balaban J connectivity index is 3.34. The van der Waals surface area contributed by atoms with Crippen molar-refractivity contribution in [2.75, 3.05) is 0 Å². The summed E-state index contributed by atoms with van der Waals surface area (Å²) in [5, 5.41) is 0. The summed E-state index contributed by atoms with van der Waals surface area (Å²) in [5.74, 6) is -0.870. The zero-order chi connectivity index (χ0) is 13.0. The molecule has 1 rings (SSSR count). The summed E-state index contributed by atoms with van der Waals surface area (Å²) in [6, 6.07) is 8.79. The summed E-state index contributed by atoms with van der Waals surface area (Å²) in [4.78, 5) is 23.9. The Bertz CT molecular complexity index is 451. The highest BCUT2D eigenvalue weighted by Gasteiger charge is 2.22. The maximum atomic E-state index is 11.5. The fourth-order valence-electron chi connectivity index (χ4n) is 1.46. The molecule has 3 nitrogen and oxygen atoms in total. The van der Waals surface area contributed by atoms with Crippen LogP contribution in [0.4, 0.5) is 0 Å². The van der Waals surface area contributed by atoms with Gasteiger partial charge in [-0.15, -0.1) is 0 Å². The molecule has 90 valence electrons. The lowest BCUT2D eigenvalue weighted by Crippen LogP contribution is -2.32. The minimum absolute atomic E-state index is 0.124. The molecule has 0 aliphatic rings. The zero-order valence-electron chi connectivity index (χ0n) is 9.41. The lowest BCUT2D eigenvalue weighted by atomic mass is 10.1. The van der Waals surface area contributed by atoms with Gasteiger partial charge in [0.15, 0.2) is 0 Å². The normalized spacial score (nSPS) is 9.65. The van der Waals surface area contributed by atoms with Crippen molar-refractivity contribution in [1.29, 1.82) is 0 Å². The lowest BCUT2D eigenvalue weighted by Gasteiger charge is -2.21. The molecule has 0 atom stereocenters. The van der Waals surface area contributed by atoms with Gasteiger partial charge in [0.05, 0.1) is 5.70 Å². The standard InChI is InChI=1S/C12H11Cl2NO2/c1-8(16)15(9(2)17)11(12(13)14)10-6-4-3-5-7-10/h3-7H,1-2H3. The largest absolute Gasteiger partial charge is 0.274 e. The first-order valence-electron chi connectivity index (χ1n) is 4.87. The van der Waals surface area contributed by atoms with Crippen molar-refractivity contribution in [3.63, 3.8) is 0 Å². The third kappa shape index (κ3) is 3.32. The number of halogens is 2. The van der Waals surface area contributed by atoms with Crippen LogP contribution in [0.15, 0.2) is 34.8 Å². The molecule has 0 spiro atoms. The molecule has 0 fully saturated rings. The molecule has 0 bridgehead atoms. The van der Waals surface area contributed by atoms with Crippen LogP contribution in [0, 0.1) is 0 Å². The highest BCUT2D eigenvalue weighted by atomic mass is 35.5. The Hall–Kier alpha value is -1.32. The van der Waals surface area contributed by atoms with E-state index in [0.717, 1.165) is 4.90 Å². The van der Waals surface area contributed by atoms with Crippen LogP contribution in [-0.4, -0.2) is 16.7 Å². The number of nitrogens with zero attached hydrogens (tertiary/aromatic N) is 1. The molecule has 0 unspecified atom stereocenters. The van der Waals surface area contributed by atoms with Crippen LogP contribution in [-0.2, 0) is 9.59 Å². The van der Waals surface area contributed by atoms with Gasteiger partial charge in [-0.05, 0) is 0 Å². The van der Waals surface area contributed by atoms with Gasteiger partial charge in [-0.1, -0.05) is 53.5 Å². The first-order valence-corrected chi connectivity index (χ1v) is 5.62. The van der Waals surface area contributed by atoms with Crippen LogP contribution in [0.1, 0.15) is 19.4 Å². The SMILES string of the molecule is CC(=O)N(C(C)=O)C(=C(Cl)Cl)c1ccccc1. The molecule has 17 heavy (non-hydrogen) atoms. The molecule has 0 aliphatic heterocycles. The van der Waals surface area contributed by atoms with Gasteiger partial charge in [0, 0.05) is 19.4 Å². The molecule has 0 saturated heterocycles. The van der Waals surface area contributed by atoms with Crippen LogP contribution >= 0.6 is 23.2 Å². The Morgan fingerprint density at radius 1 is 1.00 bits per heavy atom. The summed E-state index contributed by atoms with van der Waals surface area (Å²) >= 11 is 11.5. The first kappa shape index (κ1) is 13.7. The summed E-state index contributed by atoms with van der Waals surface area (Å²) in [5.41, 5.74) is 0.812. The van der Waals surface area contributed by atoms with Crippen molar-refractivity contribution in [1.82, 2.24) is 4.90 Å². The number of imide groups is 1. The minimum Gasteiger partial charge on any atom is -0.274 e. The highest BCUT2D eigenvalue weighted by molar-refractivity contribution is 6.58. The zero-order valence-corrected chi connectivity index (χ0v) is 10.9. The topological polar surface area (TPSA) is 37.4 Å². The molecule has 1 aromatic carbocycles. The van der Waals surface area contributed by atoms with E-state index >= 15 is 0 Å². The molecule has 0 heterocycles.